The summed E-state index contributed by atoms with van der Waals surface area (Å²) in [5, 5.41) is 6.63. The average molecular weight is 233 g/mol. The number of ether oxygens (including phenoxy) is 1. The Morgan fingerprint density at radius 3 is 2.67 bits per heavy atom. The summed E-state index contributed by atoms with van der Waals surface area (Å²) >= 11 is 5.00. The molecule has 0 aliphatic carbocycles. The number of rotatable bonds is 8. The molecule has 15 heavy (non-hydrogen) atoms. The number of amides is 1. The summed E-state index contributed by atoms with van der Waals surface area (Å²) in [5.41, 5.74) is 4.89. The third kappa shape index (κ3) is 11.0. The van der Waals surface area contributed by atoms with Gasteiger partial charge in [-0.1, -0.05) is 13.3 Å². The Kier molecular flexibility index (Phi) is 9.10. The van der Waals surface area contributed by atoms with Crippen molar-refractivity contribution in [1.82, 2.24) is 10.6 Å². The molecule has 88 valence electrons. The van der Waals surface area contributed by atoms with Crippen molar-refractivity contribution in [2.24, 2.45) is 5.73 Å². The summed E-state index contributed by atoms with van der Waals surface area (Å²) in [6, 6.07) is 0. The minimum atomic E-state index is -0.460. The molecule has 0 aliphatic heterocycles. The van der Waals surface area contributed by atoms with E-state index in [-0.39, 0.29) is 6.61 Å². The summed E-state index contributed by atoms with van der Waals surface area (Å²) < 4.78 is 4.95. The van der Waals surface area contributed by atoms with Crippen LogP contribution in [0.4, 0.5) is 0 Å². The molecule has 6 heteroatoms. The summed E-state index contributed by atoms with van der Waals surface area (Å²) in [6.45, 7) is 3.95. The predicted molar refractivity (Wildman–Crippen MR) is 63.5 cm³/mol. The highest BCUT2D eigenvalue weighted by Gasteiger charge is 1.95. The number of nitrogens with two attached hydrogens (primary N) is 1. The lowest BCUT2D eigenvalue weighted by molar-refractivity contribution is -0.122. The smallest absolute Gasteiger partial charge is 0.243 e. The molecule has 0 atom stereocenters. The average Bonchev–Trinajstić information content (AvgIpc) is 2.17. The first-order valence-corrected chi connectivity index (χ1v) is 5.45. The fourth-order valence-corrected chi connectivity index (χ4v) is 1.05. The van der Waals surface area contributed by atoms with E-state index in [1.807, 2.05) is 0 Å². The number of carbonyl (C=O) groups is 1. The predicted octanol–water partition coefficient (Wildman–Crippen LogP) is -0.247. The van der Waals surface area contributed by atoms with Gasteiger partial charge in [0, 0.05) is 13.1 Å². The van der Waals surface area contributed by atoms with E-state index in [1.165, 1.54) is 0 Å². The van der Waals surface area contributed by atoms with Crippen LogP contribution in [-0.2, 0) is 9.53 Å². The Morgan fingerprint density at radius 1 is 1.40 bits per heavy atom. The highest BCUT2D eigenvalue weighted by atomic mass is 32.1. The van der Waals surface area contributed by atoms with Crippen LogP contribution in [0, 0.1) is 0 Å². The number of hydrogen-bond donors (Lipinski definition) is 3. The Balaban J connectivity index is 3.20. The molecule has 0 aromatic rings. The van der Waals surface area contributed by atoms with E-state index >= 15 is 0 Å². The SMILES string of the molecule is CCCCNC(=S)NCCOCC(N)=O. The maximum Gasteiger partial charge on any atom is 0.243 e. The van der Waals surface area contributed by atoms with E-state index in [2.05, 4.69) is 17.6 Å². The number of hydrogen-bond acceptors (Lipinski definition) is 3. The zero-order chi connectivity index (χ0) is 11.5. The van der Waals surface area contributed by atoms with Crippen LogP contribution >= 0.6 is 12.2 Å². The Bertz CT molecular complexity index is 200. The number of carbonyl (C=O) groups excluding carboxylic acids is 1. The fraction of sp³-hybridized carbons (Fsp3) is 0.778. The Hall–Kier alpha value is -0.880. The topological polar surface area (TPSA) is 76.4 Å². The molecule has 0 aliphatic rings. The molecule has 0 saturated heterocycles. The van der Waals surface area contributed by atoms with Crippen LogP contribution in [0.2, 0.25) is 0 Å². The molecule has 0 aromatic heterocycles. The van der Waals surface area contributed by atoms with Crippen molar-refractivity contribution in [3.05, 3.63) is 0 Å². The van der Waals surface area contributed by atoms with Gasteiger partial charge in [0.05, 0.1) is 6.61 Å². The number of unbranched alkanes of at least 4 members (excludes halogenated alkanes) is 1. The van der Waals surface area contributed by atoms with E-state index in [9.17, 15) is 4.79 Å². The molecule has 0 rings (SSSR count). The summed E-state index contributed by atoms with van der Waals surface area (Å²) in [4.78, 5) is 10.3. The molecule has 0 heterocycles. The van der Waals surface area contributed by atoms with Crippen molar-refractivity contribution < 1.29 is 9.53 Å². The first-order valence-electron chi connectivity index (χ1n) is 5.04. The van der Waals surface area contributed by atoms with Crippen molar-refractivity contribution >= 4 is 23.2 Å². The van der Waals surface area contributed by atoms with Gasteiger partial charge in [0.2, 0.25) is 5.91 Å². The molecule has 0 saturated carbocycles. The Labute approximate surface area is 95.7 Å². The minimum absolute atomic E-state index is 0.0439. The van der Waals surface area contributed by atoms with Crippen molar-refractivity contribution in [2.45, 2.75) is 19.8 Å². The first kappa shape index (κ1) is 14.1. The molecule has 0 spiro atoms. The van der Waals surface area contributed by atoms with Crippen molar-refractivity contribution in [2.75, 3.05) is 26.3 Å². The van der Waals surface area contributed by atoms with Gasteiger partial charge >= 0.3 is 0 Å². The van der Waals surface area contributed by atoms with Crippen LogP contribution in [0.5, 0.6) is 0 Å². The molecule has 0 unspecified atom stereocenters. The summed E-state index contributed by atoms with van der Waals surface area (Å²) in [6.07, 6.45) is 2.23. The van der Waals surface area contributed by atoms with Gasteiger partial charge in [-0.3, -0.25) is 4.79 Å². The fourth-order valence-electron chi connectivity index (χ4n) is 0.851. The largest absolute Gasteiger partial charge is 0.370 e. The number of thiocarbonyl (C=S) groups is 1. The second-order valence-electron chi connectivity index (χ2n) is 3.06. The van der Waals surface area contributed by atoms with E-state index in [1.54, 1.807) is 0 Å². The lowest BCUT2D eigenvalue weighted by Gasteiger charge is -2.09. The van der Waals surface area contributed by atoms with Gasteiger partial charge in [-0.15, -0.1) is 0 Å². The second-order valence-corrected chi connectivity index (χ2v) is 3.46. The maximum atomic E-state index is 10.3. The molecule has 1 amide bonds. The second kappa shape index (κ2) is 9.67. The molecular formula is C9H19N3O2S. The van der Waals surface area contributed by atoms with E-state index < -0.39 is 5.91 Å². The first-order chi connectivity index (χ1) is 7.16. The van der Waals surface area contributed by atoms with Crippen LogP contribution in [0.15, 0.2) is 0 Å². The van der Waals surface area contributed by atoms with Crippen molar-refractivity contribution in [1.29, 1.82) is 0 Å². The van der Waals surface area contributed by atoms with E-state index in [4.69, 9.17) is 22.7 Å². The number of nitrogens with one attached hydrogen (secondary N) is 2. The molecule has 0 radical (unpaired) electrons. The third-order valence-electron chi connectivity index (χ3n) is 1.59. The molecule has 5 nitrogen and oxygen atoms in total. The molecule has 0 fully saturated rings. The van der Waals surface area contributed by atoms with Crippen LogP contribution in [-0.4, -0.2) is 37.3 Å². The minimum Gasteiger partial charge on any atom is -0.370 e. The normalized spacial score (nSPS) is 9.67. The monoisotopic (exact) mass is 233 g/mol. The van der Waals surface area contributed by atoms with Crippen LogP contribution < -0.4 is 16.4 Å². The van der Waals surface area contributed by atoms with Crippen molar-refractivity contribution in [3.8, 4) is 0 Å². The summed E-state index contributed by atoms with van der Waals surface area (Å²) in [5.74, 6) is -0.460. The molecule has 0 aromatic carbocycles. The number of primary amides is 1. The van der Waals surface area contributed by atoms with Crippen LogP contribution in [0.1, 0.15) is 19.8 Å². The van der Waals surface area contributed by atoms with Gasteiger partial charge in [0.25, 0.3) is 0 Å². The third-order valence-corrected chi connectivity index (χ3v) is 1.88. The van der Waals surface area contributed by atoms with Gasteiger partial charge < -0.3 is 21.1 Å². The molecule has 4 N–H and O–H groups in total. The van der Waals surface area contributed by atoms with Crippen LogP contribution in [0.25, 0.3) is 0 Å². The van der Waals surface area contributed by atoms with Crippen molar-refractivity contribution in [3.63, 3.8) is 0 Å². The lowest BCUT2D eigenvalue weighted by atomic mass is 10.3. The van der Waals surface area contributed by atoms with Gasteiger partial charge in [-0.25, -0.2) is 0 Å². The van der Waals surface area contributed by atoms with E-state index in [0.717, 1.165) is 19.4 Å². The van der Waals surface area contributed by atoms with Gasteiger partial charge in [0.1, 0.15) is 6.61 Å². The van der Waals surface area contributed by atoms with Gasteiger partial charge in [-0.05, 0) is 18.6 Å². The standard InChI is InChI=1S/C9H19N3O2S/c1-2-3-4-11-9(15)12-5-6-14-7-8(10)13/h2-7H2,1H3,(H2,10,13)(H2,11,12,15). The zero-order valence-electron chi connectivity index (χ0n) is 9.04. The van der Waals surface area contributed by atoms with E-state index in [0.29, 0.717) is 18.3 Å². The lowest BCUT2D eigenvalue weighted by Crippen LogP contribution is -2.37. The van der Waals surface area contributed by atoms with Crippen LogP contribution in [0.3, 0.4) is 0 Å². The molecular weight excluding hydrogens is 214 g/mol. The quantitative estimate of drug-likeness (QED) is 0.398. The van der Waals surface area contributed by atoms with Gasteiger partial charge in [0.15, 0.2) is 5.11 Å². The maximum absolute atomic E-state index is 10.3. The zero-order valence-corrected chi connectivity index (χ0v) is 9.86. The van der Waals surface area contributed by atoms with Gasteiger partial charge in [-0.2, -0.15) is 0 Å². The Morgan fingerprint density at radius 2 is 2.07 bits per heavy atom. The summed E-state index contributed by atoms with van der Waals surface area (Å²) in [7, 11) is 0. The highest BCUT2D eigenvalue weighted by Crippen LogP contribution is 1.82. The highest BCUT2D eigenvalue weighted by molar-refractivity contribution is 7.80. The molecule has 0 bridgehead atoms.